The molecule has 4 rings (SSSR count). The molecule has 0 aromatic heterocycles. The van der Waals surface area contributed by atoms with Crippen molar-refractivity contribution in [2.45, 2.75) is 44.9 Å². The Morgan fingerprint density at radius 2 is 2.07 bits per heavy atom. The van der Waals surface area contributed by atoms with Gasteiger partial charge in [-0.05, 0) is 89.1 Å². The van der Waals surface area contributed by atoms with Crippen LogP contribution in [0, 0.1) is 23.7 Å². The topological polar surface area (TPSA) is 41.6 Å². The smallest absolute Gasteiger partial charge is 0.234 e. The summed E-state index contributed by atoms with van der Waals surface area (Å²) in [5.41, 5.74) is 1.59. The Balaban J connectivity index is 1.43. The maximum atomic E-state index is 13.2. The van der Waals surface area contributed by atoms with Crippen LogP contribution in [0.15, 0.2) is 36.0 Å². The van der Waals surface area contributed by atoms with Crippen LogP contribution in [0.5, 0.6) is 5.75 Å². The molecule has 0 spiro atoms. The third-order valence-corrected chi connectivity index (χ3v) is 7.18. The standard InChI is InChI=1S/C24H34N2O2/c1-24(2,18-6-5-7-19(15-18)28-11-10-26(3)4)23(27)25-22-9-8-17-12-16-13-20(17)21(22)14-16/h5-7,9,15-17,20-21H,8,10-14H2,1-4H3,(H,25,27). The van der Waals surface area contributed by atoms with Gasteiger partial charge in [0.25, 0.3) is 0 Å². The molecule has 1 aromatic rings. The fourth-order valence-corrected chi connectivity index (χ4v) is 5.44. The molecule has 0 heterocycles. The van der Waals surface area contributed by atoms with Crippen molar-refractivity contribution in [3.8, 4) is 5.75 Å². The predicted octanol–water partition coefficient (Wildman–Crippen LogP) is 3.97. The number of hydrogen-bond acceptors (Lipinski definition) is 3. The van der Waals surface area contributed by atoms with Crippen LogP contribution in [0.3, 0.4) is 0 Å². The number of nitrogens with zero attached hydrogens (tertiary/aromatic N) is 1. The first-order chi connectivity index (χ1) is 13.3. The summed E-state index contributed by atoms with van der Waals surface area (Å²) in [4.78, 5) is 15.3. The second-order valence-electron chi connectivity index (χ2n) is 9.76. The highest BCUT2D eigenvalue weighted by Crippen LogP contribution is 2.57. The molecule has 2 fully saturated rings. The Hall–Kier alpha value is -1.81. The van der Waals surface area contributed by atoms with Gasteiger partial charge < -0.3 is 15.0 Å². The minimum absolute atomic E-state index is 0.0883. The van der Waals surface area contributed by atoms with Gasteiger partial charge in [-0.25, -0.2) is 0 Å². The number of amides is 1. The average Bonchev–Trinajstić information content (AvgIpc) is 3.25. The second-order valence-corrected chi connectivity index (χ2v) is 9.76. The number of carbonyl (C=O) groups is 1. The van der Waals surface area contributed by atoms with Crippen LogP contribution in [0.1, 0.15) is 45.1 Å². The summed E-state index contributed by atoms with van der Waals surface area (Å²) >= 11 is 0. The summed E-state index contributed by atoms with van der Waals surface area (Å²) in [6, 6.07) is 7.99. The molecule has 0 aliphatic heterocycles. The normalized spacial score (nSPS) is 28.4. The molecule has 4 unspecified atom stereocenters. The van der Waals surface area contributed by atoms with Crippen LogP contribution in [0.4, 0.5) is 0 Å². The minimum Gasteiger partial charge on any atom is -0.492 e. The fraction of sp³-hybridized carbons (Fsp3) is 0.625. The molecule has 3 aliphatic rings. The van der Waals surface area contributed by atoms with Crippen LogP contribution in [0.25, 0.3) is 0 Å². The van der Waals surface area contributed by atoms with Gasteiger partial charge in [0.15, 0.2) is 0 Å². The number of likely N-dealkylation sites (N-methyl/N-ethyl adjacent to an activating group) is 1. The molecule has 28 heavy (non-hydrogen) atoms. The number of allylic oxidation sites excluding steroid dienone is 2. The molecule has 4 nitrogen and oxygen atoms in total. The zero-order valence-corrected chi connectivity index (χ0v) is 17.7. The fourth-order valence-electron chi connectivity index (χ4n) is 5.44. The number of benzene rings is 1. The highest BCUT2D eigenvalue weighted by Gasteiger charge is 2.49. The van der Waals surface area contributed by atoms with Crippen molar-refractivity contribution in [2.24, 2.45) is 23.7 Å². The molecule has 4 atom stereocenters. The van der Waals surface area contributed by atoms with Crippen LogP contribution < -0.4 is 10.1 Å². The molecular weight excluding hydrogens is 348 g/mol. The van der Waals surface area contributed by atoms with Crippen LogP contribution >= 0.6 is 0 Å². The number of carbonyl (C=O) groups excluding carboxylic acids is 1. The summed E-state index contributed by atoms with van der Waals surface area (Å²) in [6.45, 7) is 5.52. The van der Waals surface area contributed by atoms with Crippen molar-refractivity contribution in [3.63, 3.8) is 0 Å². The Kier molecular flexibility index (Phi) is 5.26. The van der Waals surface area contributed by atoms with E-state index in [4.69, 9.17) is 4.74 Å². The number of rotatable bonds is 7. The lowest BCUT2D eigenvalue weighted by Crippen LogP contribution is -2.43. The lowest BCUT2D eigenvalue weighted by atomic mass is 9.73. The summed E-state index contributed by atoms with van der Waals surface area (Å²) in [5, 5.41) is 3.32. The quantitative estimate of drug-likeness (QED) is 0.776. The molecule has 1 amide bonds. The van der Waals surface area contributed by atoms with Crippen molar-refractivity contribution >= 4 is 5.91 Å². The molecule has 4 heteroatoms. The van der Waals surface area contributed by atoms with Crippen LogP contribution in [0.2, 0.25) is 0 Å². The molecule has 1 N–H and O–H groups in total. The Morgan fingerprint density at radius 3 is 2.82 bits per heavy atom. The molecule has 2 bridgehead atoms. The van der Waals surface area contributed by atoms with Crippen molar-refractivity contribution < 1.29 is 9.53 Å². The van der Waals surface area contributed by atoms with Gasteiger partial charge in [-0.3, -0.25) is 4.79 Å². The number of fused-ring (bicyclic) bond motifs is 1. The number of hydrogen-bond donors (Lipinski definition) is 1. The minimum atomic E-state index is -0.601. The first-order valence-corrected chi connectivity index (χ1v) is 10.7. The first kappa shape index (κ1) is 19.5. The van der Waals surface area contributed by atoms with Crippen LogP contribution in [-0.4, -0.2) is 38.1 Å². The molecule has 0 saturated heterocycles. The first-order valence-electron chi connectivity index (χ1n) is 10.7. The molecule has 3 aliphatic carbocycles. The van der Waals surface area contributed by atoms with E-state index in [0.29, 0.717) is 12.5 Å². The molecule has 2 saturated carbocycles. The summed E-state index contributed by atoms with van der Waals surface area (Å²) < 4.78 is 5.87. The molecule has 152 valence electrons. The Bertz CT molecular complexity index is 768. The van der Waals surface area contributed by atoms with E-state index in [-0.39, 0.29) is 5.91 Å². The van der Waals surface area contributed by atoms with E-state index in [9.17, 15) is 4.79 Å². The lowest BCUT2D eigenvalue weighted by molar-refractivity contribution is -0.125. The van der Waals surface area contributed by atoms with E-state index in [1.54, 1.807) is 0 Å². The van der Waals surface area contributed by atoms with Gasteiger partial charge in [0.1, 0.15) is 12.4 Å². The predicted molar refractivity (Wildman–Crippen MR) is 112 cm³/mol. The third kappa shape index (κ3) is 3.71. The highest BCUT2D eigenvalue weighted by atomic mass is 16.5. The van der Waals surface area contributed by atoms with E-state index >= 15 is 0 Å². The van der Waals surface area contributed by atoms with Crippen molar-refractivity contribution in [3.05, 3.63) is 41.6 Å². The van der Waals surface area contributed by atoms with Gasteiger partial charge in [0.2, 0.25) is 5.91 Å². The van der Waals surface area contributed by atoms with E-state index in [0.717, 1.165) is 42.0 Å². The van der Waals surface area contributed by atoms with Gasteiger partial charge in [0.05, 0.1) is 5.41 Å². The van der Waals surface area contributed by atoms with Crippen molar-refractivity contribution in [2.75, 3.05) is 27.2 Å². The van der Waals surface area contributed by atoms with Gasteiger partial charge in [-0.2, -0.15) is 0 Å². The van der Waals surface area contributed by atoms with Gasteiger partial charge in [-0.15, -0.1) is 0 Å². The highest BCUT2D eigenvalue weighted by molar-refractivity contribution is 5.88. The van der Waals surface area contributed by atoms with Gasteiger partial charge in [-0.1, -0.05) is 18.2 Å². The van der Waals surface area contributed by atoms with E-state index in [1.165, 1.54) is 25.0 Å². The zero-order valence-electron chi connectivity index (χ0n) is 17.7. The van der Waals surface area contributed by atoms with Crippen molar-refractivity contribution in [1.82, 2.24) is 10.2 Å². The largest absolute Gasteiger partial charge is 0.492 e. The number of ether oxygens (including phenoxy) is 1. The molecule has 0 radical (unpaired) electrons. The summed E-state index contributed by atoms with van der Waals surface area (Å²) in [5.74, 6) is 4.07. The van der Waals surface area contributed by atoms with E-state index in [1.807, 2.05) is 52.2 Å². The maximum Gasteiger partial charge on any atom is 0.234 e. The monoisotopic (exact) mass is 382 g/mol. The maximum absolute atomic E-state index is 13.2. The Morgan fingerprint density at radius 1 is 1.25 bits per heavy atom. The number of nitrogens with one attached hydrogen (secondary N) is 1. The molecular formula is C24H34N2O2. The Labute approximate surface area is 169 Å². The van der Waals surface area contributed by atoms with Crippen LogP contribution in [-0.2, 0) is 10.2 Å². The zero-order chi connectivity index (χ0) is 19.9. The van der Waals surface area contributed by atoms with E-state index < -0.39 is 5.41 Å². The van der Waals surface area contributed by atoms with Crippen molar-refractivity contribution in [1.29, 1.82) is 0 Å². The van der Waals surface area contributed by atoms with Gasteiger partial charge in [0, 0.05) is 18.2 Å². The lowest BCUT2D eigenvalue weighted by Gasteiger charge is -2.36. The SMILES string of the molecule is CN(C)CCOc1cccc(C(C)(C)C(=O)NC2=CCC3CC4CC2C3C4)c1. The molecule has 1 aromatic carbocycles. The van der Waals surface area contributed by atoms with E-state index in [2.05, 4.69) is 16.3 Å². The van der Waals surface area contributed by atoms with Gasteiger partial charge >= 0.3 is 0 Å². The summed E-state index contributed by atoms with van der Waals surface area (Å²) in [7, 11) is 4.07. The summed E-state index contributed by atoms with van der Waals surface area (Å²) in [6.07, 6.45) is 7.50. The average molecular weight is 383 g/mol. The second kappa shape index (κ2) is 7.55. The third-order valence-electron chi connectivity index (χ3n) is 7.18.